The lowest BCUT2D eigenvalue weighted by atomic mass is 10.1. The maximum Gasteiger partial charge on any atom is 0.0935 e. The molecule has 2 rings (SSSR count). The van der Waals surface area contributed by atoms with Gasteiger partial charge in [-0.3, -0.25) is 4.98 Å². The van der Waals surface area contributed by atoms with Gasteiger partial charge in [-0.1, -0.05) is 0 Å². The van der Waals surface area contributed by atoms with E-state index in [1.165, 1.54) is 5.56 Å². The minimum atomic E-state index is -0.0671. The summed E-state index contributed by atoms with van der Waals surface area (Å²) in [4.78, 5) is 4.26. The maximum atomic E-state index is 6.05. The molecule has 0 aliphatic carbocycles. The molecule has 0 spiro atoms. The number of rotatable bonds is 3. The quantitative estimate of drug-likeness (QED) is 0.830. The van der Waals surface area contributed by atoms with Crippen LogP contribution in [-0.2, 0) is 6.42 Å². The van der Waals surface area contributed by atoms with Gasteiger partial charge in [0.05, 0.1) is 24.3 Å². The number of nitrogens with two attached hydrogens (primary N) is 1. The number of hydrogen-bond donors (Lipinski definition) is 1. The van der Waals surface area contributed by atoms with Crippen LogP contribution < -0.4 is 5.73 Å². The second-order valence-electron chi connectivity index (χ2n) is 3.70. The molecule has 0 aliphatic heterocycles. The van der Waals surface area contributed by atoms with Gasteiger partial charge >= 0.3 is 0 Å². The Kier molecular flexibility index (Phi) is 2.83. The lowest BCUT2D eigenvalue weighted by Crippen LogP contribution is -2.14. The third kappa shape index (κ3) is 2.44. The van der Waals surface area contributed by atoms with Gasteiger partial charge in [-0.2, -0.15) is 0 Å². The lowest BCUT2D eigenvalue weighted by molar-refractivity contribution is 0.560. The summed E-state index contributed by atoms with van der Waals surface area (Å²) in [6.45, 7) is 2.04. The van der Waals surface area contributed by atoms with E-state index in [-0.39, 0.29) is 6.04 Å². The standard InChI is InChI=1S/C12H14N2O/c1-9-2-4-14-12(6-9)11(13)7-10-3-5-15-8-10/h2-6,8,11H,7,13H2,1H3. The van der Waals surface area contributed by atoms with Crippen LogP contribution in [-0.4, -0.2) is 4.98 Å². The van der Waals surface area contributed by atoms with Crippen molar-refractivity contribution in [2.24, 2.45) is 5.73 Å². The minimum absolute atomic E-state index is 0.0671. The fraction of sp³-hybridized carbons (Fsp3) is 0.250. The highest BCUT2D eigenvalue weighted by atomic mass is 16.3. The summed E-state index contributed by atoms with van der Waals surface area (Å²) >= 11 is 0. The Bertz CT molecular complexity index is 423. The SMILES string of the molecule is Cc1ccnc(C(N)Cc2ccoc2)c1. The Morgan fingerprint density at radius 1 is 1.47 bits per heavy atom. The van der Waals surface area contributed by atoms with Gasteiger partial charge in [0.15, 0.2) is 0 Å². The highest BCUT2D eigenvalue weighted by Crippen LogP contribution is 2.15. The Morgan fingerprint density at radius 3 is 3.00 bits per heavy atom. The van der Waals surface area contributed by atoms with Gasteiger partial charge < -0.3 is 10.2 Å². The summed E-state index contributed by atoms with van der Waals surface area (Å²) in [6, 6.07) is 5.84. The van der Waals surface area contributed by atoms with Crippen LogP contribution in [0.2, 0.25) is 0 Å². The number of aryl methyl sites for hydroxylation is 1. The predicted octanol–water partition coefficient (Wildman–Crippen LogP) is 2.23. The van der Waals surface area contributed by atoms with Crippen molar-refractivity contribution >= 4 is 0 Å². The molecule has 0 bridgehead atoms. The molecule has 0 aliphatic rings. The van der Waals surface area contributed by atoms with E-state index in [2.05, 4.69) is 4.98 Å². The molecule has 0 amide bonds. The Morgan fingerprint density at radius 2 is 2.33 bits per heavy atom. The fourth-order valence-corrected chi connectivity index (χ4v) is 1.53. The molecule has 3 heteroatoms. The van der Waals surface area contributed by atoms with Gasteiger partial charge in [-0.15, -0.1) is 0 Å². The first-order valence-electron chi connectivity index (χ1n) is 4.95. The number of pyridine rings is 1. The first-order valence-corrected chi connectivity index (χ1v) is 4.95. The highest BCUT2D eigenvalue weighted by molar-refractivity contribution is 5.19. The number of hydrogen-bond acceptors (Lipinski definition) is 3. The molecule has 2 aromatic heterocycles. The molecule has 0 saturated heterocycles. The number of nitrogens with zero attached hydrogens (tertiary/aromatic N) is 1. The van der Waals surface area contributed by atoms with Crippen molar-refractivity contribution < 1.29 is 4.42 Å². The second-order valence-corrected chi connectivity index (χ2v) is 3.70. The zero-order chi connectivity index (χ0) is 10.7. The molecule has 0 saturated carbocycles. The van der Waals surface area contributed by atoms with Crippen LogP contribution in [0.25, 0.3) is 0 Å². The predicted molar refractivity (Wildman–Crippen MR) is 58.3 cm³/mol. The third-order valence-electron chi connectivity index (χ3n) is 2.35. The minimum Gasteiger partial charge on any atom is -0.472 e. The van der Waals surface area contributed by atoms with E-state index in [0.717, 1.165) is 17.7 Å². The maximum absolute atomic E-state index is 6.05. The van der Waals surface area contributed by atoms with E-state index in [1.807, 2.05) is 25.1 Å². The molecular formula is C12H14N2O. The molecule has 15 heavy (non-hydrogen) atoms. The summed E-state index contributed by atoms with van der Waals surface area (Å²) < 4.78 is 5.00. The van der Waals surface area contributed by atoms with Crippen molar-refractivity contribution in [1.29, 1.82) is 0 Å². The van der Waals surface area contributed by atoms with Crippen LogP contribution in [0.4, 0.5) is 0 Å². The Hall–Kier alpha value is -1.61. The van der Waals surface area contributed by atoms with E-state index < -0.39 is 0 Å². The van der Waals surface area contributed by atoms with Crippen molar-refractivity contribution in [2.75, 3.05) is 0 Å². The largest absolute Gasteiger partial charge is 0.472 e. The van der Waals surface area contributed by atoms with Crippen molar-refractivity contribution in [3.8, 4) is 0 Å². The van der Waals surface area contributed by atoms with Gasteiger partial charge in [0, 0.05) is 6.20 Å². The second kappa shape index (κ2) is 4.28. The van der Waals surface area contributed by atoms with Crippen LogP contribution in [0.3, 0.4) is 0 Å². The summed E-state index contributed by atoms with van der Waals surface area (Å²) in [7, 11) is 0. The Balaban J connectivity index is 2.11. The summed E-state index contributed by atoms with van der Waals surface area (Å²) in [6.07, 6.45) is 5.92. The molecule has 1 atom stereocenters. The zero-order valence-electron chi connectivity index (χ0n) is 8.68. The van der Waals surface area contributed by atoms with Gasteiger partial charge in [0.1, 0.15) is 0 Å². The van der Waals surface area contributed by atoms with Gasteiger partial charge in [0.2, 0.25) is 0 Å². The molecule has 1 unspecified atom stereocenters. The summed E-state index contributed by atoms with van der Waals surface area (Å²) in [5.41, 5.74) is 9.26. The van der Waals surface area contributed by atoms with Gasteiger partial charge in [-0.05, 0) is 42.7 Å². The molecule has 78 valence electrons. The molecular weight excluding hydrogens is 188 g/mol. The van der Waals surface area contributed by atoms with Crippen LogP contribution in [0.15, 0.2) is 41.3 Å². The Labute approximate surface area is 88.9 Å². The molecule has 0 radical (unpaired) electrons. The third-order valence-corrected chi connectivity index (χ3v) is 2.35. The van der Waals surface area contributed by atoms with Crippen molar-refractivity contribution in [2.45, 2.75) is 19.4 Å². The molecule has 2 N–H and O–H groups in total. The molecule has 2 heterocycles. The van der Waals surface area contributed by atoms with Crippen LogP contribution in [0.5, 0.6) is 0 Å². The average molecular weight is 202 g/mol. The van der Waals surface area contributed by atoms with Crippen LogP contribution in [0, 0.1) is 6.92 Å². The van der Waals surface area contributed by atoms with Crippen molar-refractivity contribution in [1.82, 2.24) is 4.98 Å². The normalized spacial score (nSPS) is 12.7. The van der Waals surface area contributed by atoms with E-state index in [1.54, 1.807) is 18.7 Å². The van der Waals surface area contributed by atoms with E-state index in [9.17, 15) is 0 Å². The molecule has 0 aromatic carbocycles. The average Bonchev–Trinajstić information content (AvgIpc) is 2.70. The molecule has 0 fully saturated rings. The van der Waals surface area contributed by atoms with Crippen molar-refractivity contribution in [3.63, 3.8) is 0 Å². The van der Waals surface area contributed by atoms with Gasteiger partial charge in [0.25, 0.3) is 0 Å². The highest BCUT2D eigenvalue weighted by Gasteiger charge is 2.09. The monoisotopic (exact) mass is 202 g/mol. The lowest BCUT2D eigenvalue weighted by Gasteiger charge is -2.09. The first kappa shape index (κ1) is 9.93. The van der Waals surface area contributed by atoms with Crippen LogP contribution >= 0.6 is 0 Å². The van der Waals surface area contributed by atoms with E-state index in [4.69, 9.17) is 10.2 Å². The van der Waals surface area contributed by atoms with E-state index >= 15 is 0 Å². The number of aromatic nitrogens is 1. The topological polar surface area (TPSA) is 52.0 Å². The smallest absolute Gasteiger partial charge is 0.0935 e. The van der Waals surface area contributed by atoms with Crippen LogP contribution in [0.1, 0.15) is 22.9 Å². The van der Waals surface area contributed by atoms with E-state index in [0.29, 0.717) is 0 Å². The zero-order valence-corrected chi connectivity index (χ0v) is 8.68. The number of furan rings is 1. The fourth-order valence-electron chi connectivity index (χ4n) is 1.53. The molecule has 2 aromatic rings. The summed E-state index contributed by atoms with van der Waals surface area (Å²) in [5, 5.41) is 0. The summed E-state index contributed by atoms with van der Waals surface area (Å²) in [5.74, 6) is 0. The van der Waals surface area contributed by atoms with Gasteiger partial charge in [-0.25, -0.2) is 0 Å². The first-order chi connectivity index (χ1) is 7.25. The molecule has 3 nitrogen and oxygen atoms in total. The van der Waals surface area contributed by atoms with Crippen molar-refractivity contribution in [3.05, 3.63) is 53.7 Å².